The van der Waals surface area contributed by atoms with Gasteiger partial charge in [0.05, 0.1) is 0 Å². The second kappa shape index (κ2) is 9.74. The van der Waals surface area contributed by atoms with Gasteiger partial charge in [-0.25, -0.2) is 0 Å². The van der Waals surface area contributed by atoms with Crippen molar-refractivity contribution < 1.29 is 0 Å². The summed E-state index contributed by atoms with van der Waals surface area (Å²) in [4.78, 5) is 2.81. The molecule has 2 aromatic carbocycles. The molecule has 2 rings (SSSR count). The van der Waals surface area contributed by atoms with Crippen molar-refractivity contribution in [2.45, 2.75) is 113 Å². The molecule has 2 aromatic rings. The molecule has 0 aromatic heterocycles. The van der Waals surface area contributed by atoms with Crippen LogP contribution in [0.1, 0.15) is 104 Å². The summed E-state index contributed by atoms with van der Waals surface area (Å²) in [5.41, 5.74) is 4.70. The maximum Gasteiger partial charge on any atom is 0.0355 e. The minimum atomic E-state index is 0.162. The number of thioether (sulfide) groups is 2. The van der Waals surface area contributed by atoms with E-state index in [1.165, 1.54) is 39.3 Å². The summed E-state index contributed by atoms with van der Waals surface area (Å²) in [7, 11) is 0. The Morgan fingerprint density at radius 1 is 0.733 bits per heavy atom. The Morgan fingerprint density at radius 3 is 1.73 bits per heavy atom. The molecule has 0 spiro atoms. The quantitative estimate of drug-likeness (QED) is 0.408. The van der Waals surface area contributed by atoms with Crippen LogP contribution >= 0.6 is 23.5 Å². The van der Waals surface area contributed by atoms with Crippen molar-refractivity contribution in [3.05, 3.63) is 59.2 Å². The van der Waals surface area contributed by atoms with Crippen LogP contribution in [0.25, 0.3) is 0 Å². The van der Waals surface area contributed by atoms with Gasteiger partial charge in [-0.3, -0.25) is 0 Å². The van der Waals surface area contributed by atoms with Crippen molar-refractivity contribution in [2.24, 2.45) is 0 Å². The van der Waals surface area contributed by atoms with Crippen LogP contribution in [0.2, 0.25) is 0 Å². The zero-order valence-corrected chi connectivity index (χ0v) is 22.5. The maximum atomic E-state index is 2.49. The fourth-order valence-corrected chi connectivity index (χ4v) is 5.91. The van der Waals surface area contributed by atoms with Crippen molar-refractivity contribution in [2.75, 3.05) is 0 Å². The van der Waals surface area contributed by atoms with E-state index >= 15 is 0 Å². The molecule has 0 fully saturated rings. The lowest BCUT2D eigenvalue weighted by Crippen LogP contribution is -2.13. The first-order chi connectivity index (χ1) is 13.7. The number of hydrogen-bond donors (Lipinski definition) is 0. The third kappa shape index (κ3) is 7.38. The first-order valence-electron chi connectivity index (χ1n) is 11.3. The van der Waals surface area contributed by atoms with E-state index in [4.69, 9.17) is 0 Å². The second-order valence-electron chi connectivity index (χ2n) is 11.4. The molecule has 1 unspecified atom stereocenters. The molecule has 0 saturated carbocycles. The average Bonchev–Trinajstić information content (AvgIpc) is 2.59. The zero-order chi connectivity index (χ0) is 22.7. The lowest BCUT2D eigenvalue weighted by Gasteiger charge is -2.27. The molecule has 30 heavy (non-hydrogen) atoms. The molecule has 0 radical (unpaired) electrons. The summed E-state index contributed by atoms with van der Waals surface area (Å²) in [6.07, 6.45) is 2.38. The molecular weight excluding hydrogens is 400 g/mol. The molecule has 166 valence electrons. The Labute approximate surface area is 195 Å². The van der Waals surface area contributed by atoms with Gasteiger partial charge < -0.3 is 0 Å². The highest BCUT2D eigenvalue weighted by Crippen LogP contribution is 2.46. The van der Waals surface area contributed by atoms with Crippen LogP contribution in [-0.4, -0.2) is 4.75 Å². The van der Waals surface area contributed by atoms with Crippen LogP contribution in [0.4, 0.5) is 0 Å². The van der Waals surface area contributed by atoms with Crippen molar-refractivity contribution in [3.8, 4) is 0 Å². The van der Waals surface area contributed by atoms with Crippen LogP contribution < -0.4 is 0 Å². The van der Waals surface area contributed by atoms with Gasteiger partial charge in [0.2, 0.25) is 0 Å². The standard InChI is InChI=1S/C28H42S2/c1-11-12-24(29-22-16-13-20(14-17-22)26(2,3)4)23-19-21(27(5,6)7)15-18-25(23)30-28(8,9)10/h13-19,24H,11-12H2,1-10H3. The first kappa shape index (κ1) is 25.4. The Kier molecular flexibility index (Phi) is 8.24. The lowest BCUT2D eigenvalue weighted by atomic mass is 9.85. The molecular formula is C28H42S2. The number of benzene rings is 2. The Bertz CT molecular complexity index is 812. The van der Waals surface area contributed by atoms with Gasteiger partial charge in [0, 0.05) is 19.8 Å². The highest BCUT2D eigenvalue weighted by Gasteiger charge is 2.24. The Balaban J connectivity index is 2.45. The molecule has 0 nitrogen and oxygen atoms in total. The van der Waals surface area contributed by atoms with Gasteiger partial charge in [0.25, 0.3) is 0 Å². The predicted molar refractivity (Wildman–Crippen MR) is 139 cm³/mol. The topological polar surface area (TPSA) is 0 Å². The van der Waals surface area contributed by atoms with Gasteiger partial charge >= 0.3 is 0 Å². The van der Waals surface area contributed by atoms with Crippen LogP contribution in [-0.2, 0) is 10.8 Å². The average molecular weight is 443 g/mol. The summed E-state index contributed by atoms with van der Waals surface area (Å²) < 4.78 is 0.202. The van der Waals surface area contributed by atoms with Gasteiger partial charge in [-0.15, -0.1) is 23.5 Å². The van der Waals surface area contributed by atoms with E-state index in [9.17, 15) is 0 Å². The van der Waals surface area contributed by atoms with E-state index in [0.717, 1.165) is 0 Å². The zero-order valence-electron chi connectivity index (χ0n) is 20.8. The molecule has 0 N–H and O–H groups in total. The van der Waals surface area contributed by atoms with Crippen molar-refractivity contribution in [1.82, 2.24) is 0 Å². The third-order valence-corrected chi connectivity index (χ3v) is 7.71. The molecule has 0 saturated heterocycles. The van der Waals surface area contributed by atoms with Crippen molar-refractivity contribution >= 4 is 23.5 Å². The Morgan fingerprint density at radius 2 is 1.27 bits per heavy atom. The smallest absolute Gasteiger partial charge is 0.0355 e. The van der Waals surface area contributed by atoms with Gasteiger partial charge in [-0.2, -0.15) is 0 Å². The van der Waals surface area contributed by atoms with Gasteiger partial charge in [-0.1, -0.05) is 99.9 Å². The molecule has 0 bridgehead atoms. The van der Waals surface area contributed by atoms with Crippen LogP contribution in [0.3, 0.4) is 0 Å². The maximum absolute atomic E-state index is 2.49. The molecule has 0 heterocycles. The summed E-state index contributed by atoms with van der Waals surface area (Å²) >= 11 is 4.04. The van der Waals surface area contributed by atoms with Crippen LogP contribution in [0.15, 0.2) is 52.3 Å². The summed E-state index contributed by atoms with van der Waals surface area (Å²) in [6.45, 7) is 23.0. The van der Waals surface area contributed by atoms with E-state index in [1.54, 1.807) is 0 Å². The summed E-state index contributed by atoms with van der Waals surface area (Å²) in [5, 5.41) is 0.475. The van der Waals surface area contributed by atoms with Crippen LogP contribution in [0, 0.1) is 0 Å². The minimum absolute atomic E-state index is 0.162. The number of hydrogen-bond acceptors (Lipinski definition) is 2. The molecule has 2 heteroatoms. The molecule has 1 atom stereocenters. The van der Waals surface area contributed by atoms with Gasteiger partial charge in [0.15, 0.2) is 0 Å². The largest absolute Gasteiger partial charge is 0.120 e. The highest BCUT2D eigenvalue weighted by atomic mass is 32.2. The molecule has 0 aliphatic rings. The lowest BCUT2D eigenvalue weighted by molar-refractivity contribution is 0.587. The molecule has 0 aliphatic carbocycles. The minimum Gasteiger partial charge on any atom is -0.120 e. The van der Waals surface area contributed by atoms with E-state index in [0.29, 0.717) is 5.25 Å². The van der Waals surface area contributed by atoms with E-state index < -0.39 is 0 Å². The summed E-state index contributed by atoms with van der Waals surface area (Å²) in [5.74, 6) is 0. The second-order valence-corrected chi connectivity index (χ2v) is 14.5. The fraction of sp³-hybridized carbons (Fsp3) is 0.571. The third-order valence-electron chi connectivity index (χ3n) is 5.19. The predicted octanol–water partition coefficient (Wildman–Crippen LogP) is 9.81. The molecule has 0 amide bonds. The fourth-order valence-electron chi connectivity index (χ4n) is 3.43. The normalized spacial score (nSPS) is 14.1. The van der Waals surface area contributed by atoms with E-state index in [1.807, 2.05) is 23.5 Å². The SMILES string of the molecule is CCCC(Sc1ccc(C(C)(C)C)cc1)c1cc(C(C)(C)C)ccc1SC(C)(C)C. The number of rotatable bonds is 6. The van der Waals surface area contributed by atoms with Gasteiger partial charge in [0.1, 0.15) is 0 Å². The highest BCUT2D eigenvalue weighted by molar-refractivity contribution is 8.01. The first-order valence-corrected chi connectivity index (χ1v) is 13.0. The summed E-state index contributed by atoms with van der Waals surface area (Å²) in [6, 6.07) is 16.5. The van der Waals surface area contributed by atoms with Crippen LogP contribution in [0.5, 0.6) is 0 Å². The van der Waals surface area contributed by atoms with Crippen molar-refractivity contribution in [3.63, 3.8) is 0 Å². The van der Waals surface area contributed by atoms with Crippen molar-refractivity contribution in [1.29, 1.82) is 0 Å². The Hall–Kier alpha value is -0.860. The van der Waals surface area contributed by atoms with E-state index in [2.05, 4.69) is 112 Å². The monoisotopic (exact) mass is 442 g/mol. The molecule has 0 aliphatic heterocycles. The van der Waals surface area contributed by atoms with E-state index in [-0.39, 0.29) is 15.6 Å². The van der Waals surface area contributed by atoms with Gasteiger partial charge in [-0.05, 0) is 52.1 Å².